The molecule has 0 spiro atoms. The largest absolute Gasteiger partial charge is 0.362 e. The number of hydrogen-bond donors (Lipinski definition) is 0. The van der Waals surface area contributed by atoms with E-state index < -0.39 is 8.07 Å². The van der Waals surface area contributed by atoms with Crippen LogP contribution in [-0.2, 0) is 0 Å². The number of nitrogens with zero attached hydrogens (tertiary/aromatic N) is 1. The molecule has 1 aromatic carbocycles. The van der Waals surface area contributed by atoms with E-state index in [2.05, 4.69) is 61.9 Å². The van der Waals surface area contributed by atoms with Gasteiger partial charge in [-0.15, -0.1) is 0 Å². The van der Waals surface area contributed by atoms with Gasteiger partial charge in [0.05, 0.1) is 19.1 Å². The SMILES string of the molecule is CN1C(=S)[C@@H]([Si](C)(C)C)[C@H]1c1ccccc1. The molecule has 0 saturated carbocycles. The van der Waals surface area contributed by atoms with Crippen LogP contribution < -0.4 is 0 Å². The van der Waals surface area contributed by atoms with Crippen LogP contribution in [0.3, 0.4) is 0 Å². The molecule has 0 bridgehead atoms. The monoisotopic (exact) mass is 249 g/mol. The summed E-state index contributed by atoms with van der Waals surface area (Å²) in [6.07, 6.45) is 0. The lowest BCUT2D eigenvalue weighted by atomic mass is 9.95. The van der Waals surface area contributed by atoms with E-state index in [1.54, 1.807) is 0 Å². The first kappa shape index (κ1) is 11.8. The van der Waals surface area contributed by atoms with Crippen molar-refractivity contribution in [2.75, 3.05) is 7.05 Å². The summed E-state index contributed by atoms with van der Waals surface area (Å²) in [5, 5.41) is 0. The molecule has 2 atom stereocenters. The first-order valence-electron chi connectivity index (χ1n) is 5.74. The van der Waals surface area contributed by atoms with Crippen LogP contribution in [0.1, 0.15) is 11.6 Å². The number of thiocarbonyl (C=S) groups is 1. The van der Waals surface area contributed by atoms with Gasteiger partial charge in [-0.3, -0.25) is 0 Å². The molecule has 0 aliphatic carbocycles. The minimum atomic E-state index is -1.21. The molecule has 0 amide bonds. The molecule has 0 radical (unpaired) electrons. The summed E-state index contributed by atoms with van der Waals surface area (Å²) >= 11 is 5.51. The van der Waals surface area contributed by atoms with Gasteiger partial charge in [-0.05, 0) is 5.56 Å². The Morgan fingerprint density at radius 2 is 1.69 bits per heavy atom. The van der Waals surface area contributed by atoms with Crippen LogP contribution in [0.25, 0.3) is 0 Å². The van der Waals surface area contributed by atoms with Gasteiger partial charge >= 0.3 is 0 Å². The average molecular weight is 249 g/mol. The van der Waals surface area contributed by atoms with Crippen molar-refractivity contribution in [3.63, 3.8) is 0 Å². The van der Waals surface area contributed by atoms with E-state index >= 15 is 0 Å². The zero-order valence-corrected chi connectivity index (χ0v) is 12.2. The molecule has 1 heterocycles. The standard InChI is InChI=1S/C13H19NSSi/c1-14-11(10-8-6-5-7-9-10)12(13(14)15)16(2,3)4/h5-9,11-12H,1-4H3/t11-,12+/m1/s1. The molecule has 1 aliphatic heterocycles. The molecule has 1 nitrogen and oxygen atoms in total. The maximum atomic E-state index is 5.51. The van der Waals surface area contributed by atoms with Crippen molar-refractivity contribution in [1.29, 1.82) is 0 Å². The highest BCUT2D eigenvalue weighted by molar-refractivity contribution is 7.80. The van der Waals surface area contributed by atoms with Crippen LogP contribution in [0.4, 0.5) is 0 Å². The molecule has 0 unspecified atom stereocenters. The van der Waals surface area contributed by atoms with Crippen molar-refractivity contribution in [1.82, 2.24) is 4.90 Å². The quantitative estimate of drug-likeness (QED) is 0.581. The first-order chi connectivity index (χ1) is 7.43. The molecular weight excluding hydrogens is 230 g/mol. The van der Waals surface area contributed by atoms with Crippen LogP contribution in [0.5, 0.6) is 0 Å². The van der Waals surface area contributed by atoms with E-state index in [1.807, 2.05) is 0 Å². The predicted octanol–water partition coefficient (Wildman–Crippen LogP) is 3.71. The summed E-state index contributed by atoms with van der Waals surface area (Å²) < 4.78 is 0. The van der Waals surface area contributed by atoms with Crippen molar-refractivity contribution in [3.05, 3.63) is 35.9 Å². The average Bonchev–Trinajstić information content (AvgIpc) is 2.23. The zero-order chi connectivity index (χ0) is 11.9. The third kappa shape index (κ3) is 1.82. The van der Waals surface area contributed by atoms with Crippen molar-refractivity contribution in [3.8, 4) is 0 Å². The van der Waals surface area contributed by atoms with Crippen molar-refractivity contribution in [2.24, 2.45) is 0 Å². The Hall–Kier alpha value is -0.673. The molecule has 0 aromatic heterocycles. The Balaban J connectivity index is 2.31. The van der Waals surface area contributed by atoms with E-state index in [0.717, 1.165) is 4.99 Å². The number of likely N-dealkylation sites (tertiary alicyclic amines) is 1. The topological polar surface area (TPSA) is 3.24 Å². The normalized spacial score (nSPS) is 25.5. The van der Waals surface area contributed by atoms with Crippen molar-refractivity contribution >= 4 is 25.3 Å². The van der Waals surface area contributed by atoms with Gasteiger partial charge in [0, 0.05) is 12.6 Å². The molecule has 86 valence electrons. The molecular formula is C13H19NSSi. The molecule has 3 heteroatoms. The molecule has 16 heavy (non-hydrogen) atoms. The Morgan fingerprint density at radius 1 is 1.12 bits per heavy atom. The fourth-order valence-electron chi connectivity index (χ4n) is 2.54. The van der Waals surface area contributed by atoms with E-state index in [0.29, 0.717) is 11.6 Å². The van der Waals surface area contributed by atoms with Crippen molar-refractivity contribution < 1.29 is 0 Å². The molecule has 1 saturated heterocycles. The maximum Gasteiger partial charge on any atom is 0.0809 e. The highest BCUT2D eigenvalue weighted by Gasteiger charge is 2.49. The van der Waals surface area contributed by atoms with E-state index in [1.165, 1.54) is 5.56 Å². The van der Waals surface area contributed by atoms with Crippen LogP contribution in [0.2, 0.25) is 25.2 Å². The van der Waals surface area contributed by atoms with E-state index in [-0.39, 0.29) is 0 Å². The lowest BCUT2D eigenvalue weighted by Crippen LogP contribution is -2.56. The van der Waals surface area contributed by atoms with Gasteiger partial charge in [0.1, 0.15) is 0 Å². The third-order valence-corrected chi connectivity index (χ3v) is 6.63. The predicted molar refractivity (Wildman–Crippen MR) is 76.6 cm³/mol. The Kier molecular flexibility index (Phi) is 2.93. The van der Waals surface area contributed by atoms with Crippen LogP contribution >= 0.6 is 12.2 Å². The van der Waals surface area contributed by atoms with Gasteiger partial charge in [0.2, 0.25) is 0 Å². The third-order valence-electron chi connectivity index (χ3n) is 3.42. The first-order valence-corrected chi connectivity index (χ1v) is 9.73. The molecule has 1 fully saturated rings. The fraction of sp³-hybridized carbons (Fsp3) is 0.462. The van der Waals surface area contributed by atoms with E-state index in [4.69, 9.17) is 12.2 Å². The highest BCUT2D eigenvalue weighted by Crippen LogP contribution is 2.49. The lowest BCUT2D eigenvalue weighted by Gasteiger charge is -2.53. The summed E-state index contributed by atoms with van der Waals surface area (Å²) in [6.45, 7) is 7.23. The van der Waals surface area contributed by atoms with Gasteiger partial charge in [-0.25, -0.2) is 0 Å². The number of hydrogen-bond acceptors (Lipinski definition) is 1. The zero-order valence-electron chi connectivity index (χ0n) is 10.4. The van der Waals surface area contributed by atoms with Gasteiger partial charge in [0.15, 0.2) is 0 Å². The molecule has 1 aliphatic rings. The van der Waals surface area contributed by atoms with Crippen molar-refractivity contribution in [2.45, 2.75) is 31.2 Å². The van der Waals surface area contributed by atoms with Gasteiger partial charge in [0.25, 0.3) is 0 Å². The van der Waals surface area contributed by atoms with Gasteiger partial charge in [-0.2, -0.15) is 0 Å². The second-order valence-electron chi connectivity index (χ2n) is 5.65. The highest BCUT2D eigenvalue weighted by atomic mass is 32.1. The number of rotatable bonds is 2. The maximum absolute atomic E-state index is 5.51. The van der Waals surface area contributed by atoms with Gasteiger partial charge < -0.3 is 4.90 Å². The summed E-state index contributed by atoms with van der Waals surface area (Å²) in [5.41, 5.74) is 2.03. The lowest BCUT2D eigenvalue weighted by molar-refractivity contribution is 0.306. The molecule has 2 rings (SSSR count). The summed E-state index contributed by atoms with van der Waals surface area (Å²) in [7, 11) is 0.914. The van der Waals surface area contributed by atoms with Crippen LogP contribution in [0.15, 0.2) is 30.3 Å². The van der Waals surface area contributed by atoms with E-state index in [9.17, 15) is 0 Å². The second-order valence-corrected chi connectivity index (χ2v) is 11.4. The van der Waals surface area contributed by atoms with Gasteiger partial charge in [-0.1, -0.05) is 62.2 Å². The Morgan fingerprint density at radius 3 is 2.19 bits per heavy atom. The summed E-state index contributed by atoms with van der Waals surface area (Å²) in [6, 6.07) is 11.3. The smallest absolute Gasteiger partial charge is 0.0809 e. The number of benzene rings is 1. The second kappa shape index (κ2) is 3.97. The Labute approximate surface area is 104 Å². The molecule has 0 N–H and O–H groups in total. The minimum Gasteiger partial charge on any atom is -0.362 e. The van der Waals surface area contributed by atoms with Crippen LogP contribution in [0, 0.1) is 0 Å². The summed E-state index contributed by atoms with van der Waals surface area (Å²) in [5.74, 6) is 0. The molecule has 1 aromatic rings. The van der Waals surface area contributed by atoms with Crippen LogP contribution in [-0.4, -0.2) is 25.0 Å². The Bertz CT molecular complexity index is 396. The minimum absolute atomic E-state index is 0.514. The summed E-state index contributed by atoms with van der Waals surface area (Å²) in [4.78, 5) is 3.42. The fourth-order valence-corrected chi connectivity index (χ4v) is 6.15.